The minimum atomic E-state index is -0.569. The molecule has 33 heavy (non-hydrogen) atoms. The predicted octanol–water partition coefficient (Wildman–Crippen LogP) is 5.32. The fourth-order valence-electron chi connectivity index (χ4n) is 4.95. The summed E-state index contributed by atoms with van der Waals surface area (Å²) >= 11 is 6.43. The smallest absolute Gasteiger partial charge is 0.231 e. The first-order chi connectivity index (χ1) is 15.7. The third kappa shape index (κ3) is 3.44. The molecule has 2 aliphatic heterocycles. The highest BCUT2D eigenvalue weighted by Gasteiger charge is 2.45. The van der Waals surface area contributed by atoms with Crippen molar-refractivity contribution in [1.82, 2.24) is 0 Å². The van der Waals surface area contributed by atoms with Crippen LogP contribution in [0, 0.1) is 23.7 Å². The lowest BCUT2D eigenvalue weighted by Gasteiger charge is -2.43. The lowest BCUT2D eigenvalue weighted by Crippen LogP contribution is -2.42. The summed E-state index contributed by atoms with van der Waals surface area (Å²) in [5.74, 6) is 1.00. The van der Waals surface area contributed by atoms with Gasteiger partial charge in [0.15, 0.2) is 17.3 Å². The van der Waals surface area contributed by atoms with E-state index in [0.717, 1.165) is 22.5 Å². The topological polar surface area (TPSA) is 88.6 Å². The summed E-state index contributed by atoms with van der Waals surface area (Å²) in [5.41, 5.74) is 10.6. The van der Waals surface area contributed by atoms with Crippen molar-refractivity contribution in [3.05, 3.63) is 75.2 Å². The summed E-state index contributed by atoms with van der Waals surface area (Å²) in [6.07, 6.45) is 1.04. The van der Waals surface area contributed by atoms with E-state index in [1.165, 1.54) is 0 Å². The number of hydrogen-bond acceptors (Lipinski definition) is 6. The van der Waals surface area contributed by atoms with E-state index in [4.69, 9.17) is 26.8 Å². The molecule has 0 unspecified atom stereocenters. The van der Waals surface area contributed by atoms with E-state index in [-0.39, 0.29) is 18.0 Å². The van der Waals surface area contributed by atoms with Crippen LogP contribution in [0.2, 0.25) is 5.02 Å². The molecule has 5 rings (SSSR count). The van der Waals surface area contributed by atoms with Crippen molar-refractivity contribution in [3.8, 4) is 17.6 Å². The summed E-state index contributed by atoms with van der Waals surface area (Å²) < 4.78 is 11.0. The molecule has 0 saturated heterocycles. The first-order valence-electron chi connectivity index (χ1n) is 10.8. The Labute approximate surface area is 197 Å². The van der Waals surface area contributed by atoms with Crippen molar-refractivity contribution in [3.63, 3.8) is 0 Å². The zero-order valence-corrected chi connectivity index (χ0v) is 19.5. The van der Waals surface area contributed by atoms with Crippen LogP contribution in [0.1, 0.15) is 43.7 Å². The molecule has 3 aliphatic rings. The number of nitriles is 1. The van der Waals surface area contributed by atoms with E-state index in [1.807, 2.05) is 48.2 Å². The summed E-state index contributed by atoms with van der Waals surface area (Å²) in [4.78, 5) is 15.4. The summed E-state index contributed by atoms with van der Waals surface area (Å²) in [6, 6.07) is 13.5. The van der Waals surface area contributed by atoms with Crippen molar-refractivity contribution >= 4 is 23.1 Å². The number of nitrogens with two attached hydrogens (primary N) is 1. The molecule has 0 fully saturated rings. The molecular weight excluding hydrogens is 438 g/mol. The van der Waals surface area contributed by atoms with Gasteiger partial charge in [0.05, 0.1) is 17.6 Å². The standard InChI is InChI=1S/C26H24ClN3O3/c1-14-4-6-16(9-18(14)27)30-19-10-26(2,3)11-20(31)24(19)23(17(12-28)25(30)29)15-5-7-21-22(8-15)33-13-32-21/h4-9,23H,10-11,13,29H2,1-3H3/t23-/m1/s1. The summed E-state index contributed by atoms with van der Waals surface area (Å²) in [7, 11) is 0. The monoisotopic (exact) mass is 461 g/mol. The predicted molar refractivity (Wildman–Crippen MR) is 126 cm³/mol. The molecule has 168 valence electrons. The number of anilines is 1. The number of fused-ring (bicyclic) bond motifs is 1. The minimum absolute atomic E-state index is 0.0207. The Morgan fingerprint density at radius 1 is 1.15 bits per heavy atom. The molecule has 0 spiro atoms. The van der Waals surface area contributed by atoms with E-state index >= 15 is 0 Å². The van der Waals surface area contributed by atoms with Crippen molar-refractivity contribution in [2.24, 2.45) is 11.1 Å². The Morgan fingerprint density at radius 3 is 2.64 bits per heavy atom. The number of carbonyl (C=O) groups excluding carboxylic acids is 1. The summed E-state index contributed by atoms with van der Waals surface area (Å²) in [5, 5.41) is 10.8. The van der Waals surface area contributed by atoms with Crippen molar-refractivity contribution in [2.45, 2.75) is 39.5 Å². The normalized spacial score (nSPS) is 21.2. The number of Topliss-reactive ketones (excluding diaryl/α,β-unsaturated/α-hetero) is 1. The van der Waals surface area contributed by atoms with Gasteiger partial charge in [-0.3, -0.25) is 9.69 Å². The molecule has 0 bridgehead atoms. The van der Waals surface area contributed by atoms with Crippen LogP contribution in [-0.2, 0) is 4.79 Å². The number of ketones is 1. The van der Waals surface area contributed by atoms with Crippen LogP contribution in [-0.4, -0.2) is 12.6 Å². The molecule has 6 nitrogen and oxygen atoms in total. The van der Waals surface area contributed by atoms with Crippen LogP contribution in [0.5, 0.6) is 11.5 Å². The Balaban J connectivity index is 1.75. The lowest BCUT2D eigenvalue weighted by molar-refractivity contribution is -0.118. The number of ether oxygens (including phenoxy) is 2. The van der Waals surface area contributed by atoms with Gasteiger partial charge in [0.25, 0.3) is 0 Å². The van der Waals surface area contributed by atoms with Gasteiger partial charge < -0.3 is 15.2 Å². The quantitative estimate of drug-likeness (QED) is 0.651. The Kier molecular flexibility index (Phi) is 4.91. The van der Waals surface area contributed by atoms with Gasteiger partial charge in [-0.1, -0.05) is 37.6 Å². The van der Waals surface area contributed by atoms with E-state index in [9.17, 15) is 10.1 Å². The number of halogens is 1. The van der Waals surface area contributed by atoms with E-state index < -0.39 is 5.92 Å². The van der Waals surface area contributed by atoms with Gasteiger partial charge in [-0.2, -0.15) is 5.26 Å². The SMILES string of the molecule is Cc1ccc(N2C(N)=C(C#N)[C@@H](c3ccc4c(c3)OCO4)C3=C2CC(C)(C)CC3=O)cc1Cl. The zero-order valence-electron chi connectivity index (χ0n) is 18.7. The number of rotatable bonds is 2. The Bertz CT molecular complexity index is 1300. The third-order valence-corrected chi connectivity index (χ3v) is 6.93. The lowest BCUT2D eigenvalue weighted by atomic mass is 9.68. The number of allylic oxidation sites excluding steroid dienone is 3. The number of benzene rings is 2. The largest absolute Gasteiger partial charge is 0.454 e. The second-order valence-corrected chi connectivity index (χ2v) is 9.93. The molecule has 7 heteroatoms. The zero-order chi connectivity index (χ0) is 23.5. The molecule has 1 atom stereocenters. The minimum Gasteiger partial charge on any atom is -0.454 e. The molecule has 0 radical (unpaired) electrons. The van der Waals surface area contributed by atoms with Gasteiger partial charge in [-0.05, 0) is 54.2 Å². The molecular formula is C26H24ClN3O3. The van der Waals surface area contributed by atoms with E-state index in [0.29, 0.717) is 46.3 Å². The molecule has 0 aromatic heterocycles. The first kappa shape index (κ1) is 21.4. The van der Waals surface area contributed by atoms with Gasteiger partial charge in [-0.15, -0.1) is 0 Å². The van der Waals surface area contributed by atoms with Crippen LogP contribution in [0.15, 0.2) is 59.1 Å². The number of nitrogens with zero attached hydrogens (tertiary/aromatic N) is 2. The second-order valence-electron chi connectivity index (χ2n) is 9.53. The molecule has 2 aromatic carbocycles. The average molecular weight is 462 g/mol. The molecule has 0 amide bonds. The van der Waals surface area contributed by atoms with Gasteiger partial charge in [0, 0.05) is 28.4 Å². The molecule has 2 heterocycles. The van der Waals surface area contributed by atoms with Crippen LogP contribution >= 0.6 is 11.6 Å². The maximum Gasteiger partial charge on any atom is 0.231 e. The highest BCUT2D eigenvalue weighted by molar-refractivity contribution is 6.31. The summed E-state index contributed by atoms with van der Waals surface area (Å²) in [6.45, 7) is 6.22. The van der Waals surface area contributed by atoms with Crippen LogP contribution < -0.4 is 20.1 Å². The number of aryl methyl sites for hydroxylation is 1. The van der Waals surface area contributed by atoms with Crippen LogP contribution in [0.25, 0.3) is 0 Å². The molecule has 1 aliphatic carbocycles. The highest BCUT2D eigenvalue weighted by atomic mass is 35.5. The fourth-order valence-corrected chi connectivity index (χ4v) is 5.13. The Morgan fingerprint density at radius 2 is 1.91 bits per heavy atom. The molecule has 2 N–H and O–H groups in total. The van der Waals surface area contributed by atoms with Crippen LogP contribution in [0.3, 0.4) is 0 Å². The maximum absolute atomic E-state index is 13.6. The third-order valence-electron chi connectivity index (χ3n) is 6.52. The van der Waals surface area contributed by atoms with Crippen molar-refractivity contribution in [2.75, 3.05) is 11.7 Å². The highest BCUT2D eigenvalue weighted by Crippen LogP contribution is 2.51. The molecule has 0 saturated carbocycles. The Hall–Kier alpha value is -3.43. The van der Waals surface area contributed by atoms with Gasteiger partial charge in [0.2, 0.25) is 6.79 Å². The van der Waals surface area contributed by atoms with Crippen molar-refractivity contribution in [1.29, 1.82) is 5.26 Å². The number of carbonyl (C=O) groups is 1. The van der Waals surface area contributed by atoms with Crippen molar-refractivity contribution < 1.29 is 14.3 Å². The van der Waals surface area contributed by atoms with Gasteiger partial charge in [0.1, 0.15) is 5.82 Å². The fraction of sp³-hybridized carbons (Fsp3) is 0.308. The molecule has 2 aromatic rings. The maximum atomic E-state index is 13.6. The van der Waals surface area contributed by atoms with Gasteiger partial charge in [-0.25, -0.2) is 0 Å². The average Bonchev–Trinajstić information content (AvgIpc) is 3.22. The number of hydrogen-bond donors (Lipinski definition) is 1. The van der Waals surface area contributed by atoms with E-state index in [2.05, 4.69) is 19.9 Å². The van der Waals surface area contributed by atoms with E-state index in [1.54, 1.807) is 0 Å². The van der Waals surface area contributed by atoms with Crippen LogP contribution in [0.4, 0.5) is 5.69 Å². The second kappa shape index (κ2) is 7.57. The first-order valence-corrected chi connectivity index (χ1v) is 11.2. The van der Waals surface area contributed by atoms with Gasteiger partial charge >= 0.3 is 0 Å².